The number of aliphatic carboxylic acids is 1. The lowest BCUT2D eigenvalue weighted by Crippen LogP contribution is -2.46. The lowest BCUT2D eigenvalue weighted by molar-refractivity contribution is -0.136. The van der Waals surface area contributed by atoms with E-state index in [1.807, 2.05) is 0 Å². The van der Waals surface area contributed by atoms with E-state index in [9.17, 15) is 4.79 Å². The molecule has 1 aromatic heterocycles. The van der Waals surface area contributed by atoms with Crippen LogP contribution >= 0.6 is 11.3 Å². The average Bonchev–Trinajstić information content (AvgIpc) is 2.82. The number of thiazole rings is 1. The quantitative estimate of drug-likeness (QED) is 0.901. The van der Waals surface area contributed by atoms with Crippen LogP contribution in [0.2, 0.25) is 0 Å². The van der Waals surface area contributed by atoms with Crippen molar-refractivity contribution in [2.45, 2.75) is 33.1 Å². The smallest absolute Gasteiger partial charge is 0.308 e. The van der Waals surface area contributed by atoms with E-state index in [1.54, 1.807) is 11.3 Å². The Morgan fingerprint density at radius 1 is 1.35 bits per heavy atom. The Bertz CT molecular complexity index is 465. The summed E-state index contributed by atoms with van der Waals surface area (Å²) in [6, 6.07) is 0. The Labute approximate surface area is 124 Å². The first-order valence-electron chi connectivity index (χ1n) is 7.20. The third-order valence-corrected chi connectivity index (χ3v) is 4.80. The lowest BCUT2D eigenvalue weighted by atomic mass is 10.1. The second-order valence-corrected chi connectivity index (χ2v) is 6.51. The molecule has 2 rings (SSSR count). The maximum atomic E-state index is 11.0. The number of rotatable bonds is 5. The molecule has 2 heterocycles. The van der Waals surface area contributed by atoms with Gasteiger partial charge >= 0.3 is 5.97 Å². The number of hydrogen-bond acceptors (Lipinski definition) is 5. The van der Waals surface area contributed by atoms with Crippen LogP contribution in [-0.2, 0) is 11.2 Å². The van der Waals surface area contributed by atoms with Crippen LogP contribution in [0.3, 0.4) is 0 Å². The fourth-order valence-corrected chi connectivity index (χ4v) is 3.71. The van der Waals surface area contributed by atoms with E-state index in [1.165, 1.54) is 0 Å². The summed E-state index contributed by atoms with van der Waals surface area (Å²) >= 11 is 1.55. The number of anilines is 1. The minimum atomic E-state index is -0.780. The molecule has 0 aliphatic carbocycles. The number of piperazine rings is 1. The van der Waals surface area contributed by atoms with Gasteiger partial charge in [-0.05, 0) is 12.5 Å². The van der Waals surface area contributed by atoms with Crippen LogP contribution < -0.4 is 4.90 Å². The van der Waals surface area contributed by atoms with Crippen LogP contribution in [0.5, 0.6) is 0 Å². The average molecular weight is 297 g/mol. The van der Waals surface area contributed by atoms with Gasteiger partial charge in [-0.3, -0.25) is 4.79 Å². The predicted molar refractivity (Wildman–Crippen MR) is 81.9 cm³/mol. The summed E-state index contributed by atoms with van der Waals surface area (Å²) in [4.78, 5) is 21.3. The van der Waals surface area contributed by atoms with E-state index in [4.69, 9.17) is 10.1 Å². The molecule has 1 aliphatic heterocycles. The van der Waals surface area contributed by atoms with Crippen molar-refractivity contribution in [1.29, 1.82) is 0 Å². The monoisotopic (exact) mass is 297 g/mol. The van der Waals surface area contributed by atoms with Gasteiger partial charge < -0.3 is 14.9 Å². The van der Waals surface area contributed by atoms with Crippen molar-refractivity contribution < 1.29 is 9.90 Å². The first kappa shape index (κ1) is 15.3. The Hall–Kier alpha value is -1.14. The number of likely N-dealkylation sites (N-methyl/N-ethyl adjacent to an activating group) is 1. The van der Waals surface area contributed by atoms with Crippen LogP contribution in [0.25, 0.3) is 0 Å². The van der Waals surface area contributed by atoms with Gasteiger partial charge in [0.1, 0.15) is 0 Å². The molecule has 1 aromatic rings. The van der Waals surface area contributed by atoms with Gasteiger partial charge in [0.2, 0.25) is 0 Å². The number of carbonyl (C=O) groups is 1. The molecule has 0 unspecified atom stereocenters. The second kappa shape index (κ2) is 6.54. The van der Waals surface area contributed by atoms with Gasteiger partial charge in [-0.2, -0.15) is 0 Å². The van der Waals surface area contributed by atoms with Crippen molar-refractivity contribution in [3.8, 4) is 0 Å². The highest BCUT2D eigenvalue weighted by molar-refractivity contribution is 7.15. The summed E-state index contributed by atoms with van der Waals surface area (Å²) < 4.78 is 0. The second-order valence-electron chi connectivity index (χ2n) is 5.45. The molecule has 1 saturated heterocycles. The summed E-state index contributed by atoms with van der Waals surface area (Å²) in [6.45, 7) is 11.5. The van der Waals surface area contributed by atoms with Gasteiger partial charge in [0.05, 0.1) is 12.1 Å². The summed E-state index contributed by atoms with van der Waals surface area (Å²) in [5.74, 6) is -0.510. The molecule has 20 heavy (non-hydrogen) atoms. The molecule has 1 fully saturated rings. The van der Waals surface area contributed by atoms with Gasteiger partial charge in [-0.1, -0.05) is 20.8 Å². The number of aromatic nitrogens is 1. The Balaban J connectivity index is 2.14. The zero-order chi connectivity index (χ0) is 14.7. The summed E-state index contributed by atoms with van der Waals surface area (Å²) in [5.41, 5.74) is 0.949. The maximum Gasteiger partial charge on any atom is 0.308 e. The Morgan fingerprint density at radius 3 is 2.50 bits per heavy atom. The van der Waals surface area contributed by atoms with Gasteiger partial charge in [0.15, 0.2) is 5.13 Å². The molecule has 112 valence electrons. The fourth-order valence-electron chi connectivity index (χ4n) is 2.46. The molecule has 0 radical (unpaired) electrons. The zero-order valence-corrected chi connectivity index (χ0v) is 13.2. The molecular weight excluding hydrogens is 274 g/mol. The van der Waals surface area contributed by atoms with Gasteiger partial charge in [-0.15, -0.1) is 11.3 Å². The number of carboxylic acid groups (broad SMARTS) is 1. The van der Waals surface area contributed by atoms with Crippen molar-refractivity contribution in [1.82, 2.24) is 9.88 Å². The van der Waals surface area contributed by atoms with Crippen LogP contribution in [0.4, 0.5) is 5.13 Å². The topological polar surface area (TPSA) is 56.7 Å². The third-order valence-electron chi connectivity index (χ3n) is 3.66. The number of nitrogens with zero attached hydrogens (tertiary/aromatic N) is 3. The molecule has 1 aliphatic rings. The summed E-state index contributed by atoms with van der Waals surface area (Å²) in [7, 11) is 0. The largest absolute Gasteiger partial charge is 0.481 e. The molecule has 5 nitrogen and oxygen atoms in total. The molecule has 0 bridgehead atoms. The molecule has 0 spiro atoms. The predicted octanol–water partition coefficient (Wildman–Crippen LogP) is 2.04. The minimum absolute atomic E-state index is 0.0834. The normalized spacial score (nSPS) is 16.9. The van der Waals surface area contributed by atoms with Crippen LogP contribution in [-0.4, -0.2) is 53.7 Å². The van der Waals surface area contributed by atoms with Gasteiger partial charge in [-0.25, -0.2) is 4.98 Å². The first-order valence-corrected chi connectivity index (χ1v) is 8.01. The van der Waals surface area contributed by atoms with Crippen molar-refractivity contribution in [2.75, 3.05) is 37.6 Å². The van der Waals surface area contributed by atoms with E-state index in [0.29, 0.717) is 0 Å². The summed E-state index contributed by atoms with van der Waals surface area (Å²) in [6.07, 6.45) is 0.0834. The van der Waals surface area contributed by atoms with Crippen molar-refractivity contribution in [3.63, 3.8) is 0 Å². The molecule has 6 heteroatoms. The molecule has 0 amide bonds. The van der Waals surface area contributed by atoms with Crippen LogP contribution in [0.15, 0.2) is 0 Å². The fraction of sp³-hybridized carbons (Fsp3) is 0.714. The molecule has 0 aromatic carbocycles. The lowest BCUT2D eigenvalue weighted by Gasteiger charge is -2.33. The summed E-state index contributed by atoms with van der Waals surface area (Å²) in [5, 5.41) is 10.0. The zero-order valence-electron chi connectivity index (χ0n) is 12.4. The van der Waals surface area contributed by atoms with E-state index < -0.39 is 5.97 Å². The Morgan fingerprint density at radius 2 is 2.00 bits per heavy atom. The van der Waals surface area contributed by atoms with Crippen molar-refractivity contribution in [3.05, 3.63) is 10.6 Å². The SMILES string of the molecule is CCN1CCN(c2nc(C(C)C)c(CC(=O)O)s2)CC1. The number of hydrogen-bond donors (Lipinski definition) is 1. The van der Waals surface area contributed by atoms with E-state index in [-0.39, 0.29) is 12.3 Å². The third kappa shape index (κ3) is 3.49. The first-order chi connectivity index (χ1) is 9.51. The van der Waals surface area contributed by atoms with Crippen LogP contribution in [0, 0.1) is 0 Å². The van der Waals surface area contributed by atoms with Crippen molar-refractivity contribution >= 4 is 22.4 Å². The van der Waals surface area contributed by atoms with E-state index in [2.05, 4.69) is 30.6 Å². The van der Waals surface area contributed by atoms with Crippen LogP contribution in [0.1, 0.15) is 37.3 Å². The van der Waals surface area contributed by atoms with Crippen molar-refractivity contribution in [2.24, 2.45) is 0 Å². The van der Waals surface area contributed by atoms with Gasteiger partial charge in [0, 0.05) is 31.1 Å². The standard InChI is InChI=1S/C14H23N3O2S/c1-4-16-5-7-17(8-6-16)14-15-13(10(2)3)11(20-14)9-12(18)19/h10H,4-9H2,1-3H3,(H,18,19). The highest BCUT2D eigenvalue weighted by Crippen LogP contribution is 2.31. The Kier molecular flexibility index (Phi) is 4.99. The highest BCUT2D eigenvalue weighted by atomic mass is 32.1. The minimum Gasteiger partial charge on any atom is -0.481 e. The molecule has 0 atom stereocenters. The molecule has 1 N–H and O–H groups in total. The van der Waals surface area contributed by atoms with Gasteiger partial charge in [0.25, 0.3) is 0 Å². The van der Waals surface area contributed by atoms with E-state index in [0.717, 1.165) is 48.4 Å². The van der Waals surface area contributed by atoms with E-state index >= 15 is 0 Å². The molecular formula is C14H23N3O2S. The molecule has 0 saturated carbocycles. The highest BCUT2D eigenvalue weighted by Gasteiger charge is 2.22. The maximum absolute atomic E-state index is 11.0. The number of carboxylic acids is 1.